The summed E-state index contributed by atoms with van der Waals surface area (Å²) in [4.78, 5) is 14.4. The summed E-state index contributed by atoms with van der Waals surface area (Å²) in [6.45, 7) is 8.34. The number of carbonyl (C=O) groups is 1. The molecule has 0 radical (unpaired) electrons. The summed E-state index contributed by atoms with van der Waals surface area (Å²) in [6, 6.07) is 6.62. The summed E-state index contributed by atoms with van der Waals surface area (Å²) >= 11 is 5.58. The summed E-state index contributed by atoms with van der Waals surface area (Å²) in [6.07, 6.45) is 0. The van der Waals surface area contributed by atoms with E-state index in [-0.39, 0.29) is 5.91 Å². The van der Waals surface area contributed by atoms with Crippen LogP contribution in [-0.2, 0) is 4.79 Å². The molecule has 4 heteroatoms. The second kappa shape index (κ2) is 4.64. The van der Waals surface area contributed by atoms with Gasteiger partial charge in [-0.3, -0.25) is 4.79 Å². The van der Waals surface area contributed by atoms with Crippen molar-refractivity contribution in [3.05, 3.63) is 35.7 Å². The van der Waals surface area contributed by atoms with Gasteiger partial charge in [-0.25, -0.2) is 4.85 Å². The van der Waals surface area contributed by atoms with Crippen LogP contribution in [0.3, 0.4) is 0 Å². The molecule has 0 aliphatic carbocycles. The third-order valence-electron chi connectivity index (χ3n) is 1.63. The van der Waals surface area contributed by atoms with Crippen LogP contribution in [0.4, 0.5) is 11.4 Å². The molecule has 0 aliphatic rings. The van der Waals surface area contributed by atoms with Crippen LogP contribution in [0.25, 0.3) is 4.85 Å². The van der Waals surface area contributed by atoms with Crippen LogP contribution in [0.15, 0.2) is 24.3 Å². The number of hydrogen-bond acceptors (Lipinski definition) is 1. The van der Waals surface area contributed by atoms with Gasteiger partial charge >= 0.3 is 0 Å². The second-order valence-corrected chi connectivity index (χ2v) is 3.42. The number of nitrogens with zero attached hydrogens (tertiary/aromatic N) is 1. The quantitative estimate of drug-likeness (QED) is 0.589. The number of amides is 1. The maximum absolute atomic E-state index is 11.2. The zero-order valence-electron chi connectivity index (χ0n) is 7.62. The van der Waals surface area contributed by atoms with Crippen LogP contribution in [0.2, 0.25) is 0 Å². The molecule has 1 rings (SSSR count). The predicted octanol–water partition coefficient (Wildman–Crippen LogP) is 2.80. The lowest BCUT2D eigenvalue weighted by molar-refractivity contribution is -0.115. The standard InChI is InChI=1S/C10H9ClN2O/c1-7(11)10(14)13-9-5-3-8(12-2)4-6-9/h3-7H,1H3,(H,13,14). The first-order valence-electron chi connectivity index (χ1n) is 4.06. The molecule has 0 saturated heterocycles. The molecule has 0 bridgehead atoms. The Kier molecular flexibility index (Phi) is 3.49. The number of benzene rings is 1. The fourth-order valence-corrected chi connectivity index (χ4v) is 0.916. The smallest absolute Gasteiger partial charge is 0.242 e. The van der Waals surface area contributed by atoms with E-state index in [1.807, 2.05) is 0 Å². The Bertz CT molecular complexity index is 365. The lowest BCUT2D eigenvalue weighted by Crippen LogP contribution is -2.20. The van der Waals surface area contributed by atoms with E-state index in [9.17, 15) is 4.79 Å². The lowest BCUT2D eigenvalue weighted by atomic mass is 10.3. The van der Waals surface area contributed by atoms with Gasteiger partial charge in [-0.1, -0.05) is 12.1 Å². The number of alkyl halides is 1. The molecule has 0 heterocycles. The minimum atomic E-state index is -0.560. The van der Waals surface area contributed by atoms with Crippen LogP contribution in [0.1, 0.15) is 6.92 Å². The van der Waals surface area contributed by atoms with E-state index >= 15 is 0 Å². The molecular formula is C10H9ClN2O. The van der Waals surface area contributed by atoms with E-state index in [4.69, 9.17) is 18.2 Å². The Hall–Kier alpha value is -1.53. The van der Waals surface area contributed by atoms with Crippen LogP contribution in [0, 0.1) is 6.57 Å². The third-order valence-corrected chi connectivity index (χ3v) is 1.82. The van der Waals surface area contributed by atoms with Gasteiger partial charge in [0, 0.05) is 5.69 Å². The zero-order valence-corrected chi connectivity index (χ0v) is 8.38. The third kappa shape index (κ3) is 2.75. The summed E-state index contributed by atoms with van der Waals surface area (Å²) < 4.78 is 0. The van der Waals surface area contributed by atoms with Crippen LogP contribution >= 0.6 is 11.6 Å². The summed E-state index contributed by atoms with van der Waals surface area (Å²) in [5.41, 5.74) is 1.19. The Balaban J connectivity index is 2.70. The maximum Gasteiger partial charge on any atom is 0.242 e. The number of hydrogen-bond donors (Lipinski definition) is 1. The normalized spacial score (nSPS) is 11.5. The van der Waals surface area contributed by atoms with Gasteiger partial charge in [-0.2, -0.15) is 0 Å². The fraction of sp³-hybridized carbons (Fsp3) is 0.200. The highest BCUT2D eigenvalue weighted by Gasteiger charge is 2.08. The molecule has 14 heavy (non-hydrogen) atoms. The second-order valence-electron chi connectivity index (χ2n) is 2.76. The van der Waals surface area contributed by atoms with Crippen LogP contribution in [0.5, 0.6) is 0 Å². The number of halogens is 1. The maximum atomic E-state index is 11.2. The van der Waals surface area contributed by atoms with Gasteiger partial charge in [0.15, 0.2) is 5.69 Å². The van der Waals surface area contributed by atoms with Crippen molar-refractivity contribution in [2.45, 2.75) is 12.3 Å². The van der Waals surface area contributed by atoms with Crippen molar-refractivity contribution in [2.24, 2.45) is 0 Å². The van der Waals surface area contributed by atoms with Crippen LogP contribution < -0.4 is 5.32 Å². The predicted molar refractivity (Wildman–Crippen MR) is 56.6 cm³/mol. The van der Waals surface area contributed by atoms with E-state index in [0.29, 0.717) is 11.4 Å². The van der Waals surface area contributed by atoms with Crippen molar-refractivity contribution in [2.75, 3.05) is 5.32 Å². The van der Waals surface area contributed by atoms with Crippen LogP contribution in [-0.4, -0.2) is 11.3 Å². The number of rotatable bonds is 2. The fourth-order valence-electron chi connectivity index (χ4n) is 0.861. The Labute approximate surface area is 87.5 Å². The highest BCUT2D eigenvalue weighted by atomic mass is 35.5. The molecule has 72 valence electrons. The SMILES string of the molecule is [C-]#[N+]c1ccc(NC(=O)C(C)Cl)cc1. The van der Waals surface area contributed by atoms with Crippen molar-refractivity contribution >= 4 is 28.9 Å². The van der Waals surface area contributed by atoms with Gasteiger partial charge in [0.05, 0.1) is 6.57 Å². The number of carbonyl (C=O) groups excluding carboxylic acids is 1. The molecule has 1 amide bonds. The molecule has 0 fully saturated rings. The minimum absolute atomic E-state index is 0.248. The molecule has 1 atom stereocenters. The molecule has 0 aliphatic heterocycles. The molecule has 0 spiro atoms. The molecule has 0 aromatic heterocycles. The van der Waals surface area contributed by atoms with Crippen molar-refractivity contribution in [1.29, 1.82) is 0 Å². The van der Waals surface area contributed by atoms with Crippen molar-refractivity contribution < 1.29 is 4.79 Å². The molecular weight excluding hydrogens is 200 g/mol. The van der Waals surface area contributed by atoms with Crippen molar-refractivity contribution in [3.8, 4) is 0 Å². The molecule has 1 aromatic rings. The highest BCUT2D eigenvalue weighted by Crippen LogP contribution is 2.16. The van der Waals surface area contributed by atoms with Gasteiger partial charge in [0.2, 0.25) is 5.91 Å². The number of anilines is 1. The average Bonchev–Trinajstić information content (AvgIpc) is 2.19. The number of nitrogens with one attached hydrogen (secondary N) is 1. The average molecular weight is 209 g/mol. The Morgan fingerprint density at radius 1 is 1.50 bits per heavy atom. The van der Waals surface area contributed by atoms with Gasteiger partial charge in [0.1, 0.15) is 5.38 Å². The monoisotopic (exact) mass is 208 g/mol. The Morgan fingerprint density at radius 2 is 2.07 bits per heavy atom. The van der Waals surface area contributed by atoms with Crippen molar-refractivity contribution in [1.82, 2.24) is 0 Å². The van der Waals surface area contributed by atoms with Crippen molar-refractivity contribution in [3.63, 3.8) is 0 Å². The van der Waals surface area contributed by atoms with E-state index in [2.05, 4.69) is 10.2 Å². The van der Waals surface area contributed by atoms with Gasteiger partial charge in [-0.05, 0) is 19.1 Å². The molecule has 0 saturated carbocycles. The summed E-state index contributed by atoms with van der Waals surface area (Å²) in [5, 5.41) is 2.06. The molecule has 1 N–H and O–H groups in total. The first-order chi connectivity index (χ1) is 6.63. The van der Waals surface area contributed by atoms with E-state index in [1.54, 1.807) is 31.2 Å². The van der Waals surface area contributed by atoms with Gasteiger partial charge in [-0.15, -0.1) is 11.6 Å². The zero-order chi connectivity index (χ0) is 10.6. The largest absolute Gasteiger partial charge is 0.325 e. The molecule has 1 unspecified atom stereocenters. The minimum Gasteiger partial charge on any atom is -0.325 e. The molecule has 3 nitrogen and oxygen atoms in total. The van der Waals surface area contributed by atoms with E-state index < -0.39 is 5.38 Å². The lowest BCUT2D eigenvalue weighted by Gasteiger charge is -2.05. The first-order valence-corrected chi connectivity index (χ1v) is 4.49. The van der Waals surface area contributed by atoms with E-state index in [0.717, 1.165) is 0 Å². The highest BCUT2D eigenvalue weighted by molar-refractivity contribution is 6.32. The summed E-state index contributed by atoms with van der Waals surface area (Å²) in [5.74, 6) is -0.248. The van der Waals surface area contributed by atoms with E-state index in [1.165, 1.54) is 0 Å². The Morgan fingerprint density at radius 3 is 2.50 bits per heavy atom. The van der Waals surface area contributed by atoms with Gasteiger partial charge in [0.25, 0.3) is 0 Å². The first kappa shape index (κ1) is 10.6. The van der Waals surface area contributed by atoms with Gasteiger partial charge < -0.3 is 5.32 Å². The summed E-state index contributed by atoms with van der Waals surface area (Å²) in [7, 11) is 0. The molecule has 1 aromatic carbocycles. The topological polar surface area (TPSA) is 33.5 Å².